The smallest absolute Gasteiger partial charge is 0.0591 e. The van der Waals surface area contributed by atoms with Gasteiger partial charge in [-0.25, -0.2) is 0 Å². The zero-order valence-electron chi connectivity index (χ0n) is 20.2. The van der Waals surface area contributed by atoms with E-state index in [0.717, 1.165) is 38.0 Å². The molecule has 0 amide bonds. The Kier molecular flexibility index (Phi) is 7.40. The number of rotatable bonds is 6. The first-order valence-corrected chi connectivity index (χ1v) is 12.5. The van der Waals surface area contributed by atoms with Crippen LogP contribution in [0.5, 0.6) is 0 Å². The van der Waals surface area contributed by atoms with Gasteiger partial charge in [-0.05, 0) is 113 Å². The normalized spacial score (nSPS) is 37.4. The van der Waals surface area contributed by atoms with Crippen LogP contribution in [0.2, 0.25) is 0 Å². The lowest BCUT2D eigenvalue weighted by atomic mass is 9.59. The van der Waals surface area contributed by atoms with Gasteiger partial charge >= 0.3 is 0 Å². The van der Waals surface area contributed by atoms with Crippen LogP contribution in [0.25, 0.3) is 0 Å². The molecule has 30 heavy (non-hydrogen) atoms. The summed E-state index contributed by atoms with van der Waals surface area (Å²) in [5.74, 6) is 2.84. The summed E-state index contributed by atoms with van der Waals surface area (Å²) in [4.78, 5) is 0. The highest BCUT2D eigenvalue weighted by Crippen LogP contribution is 2.60. The van der Waals surface area contributed by atoms with Gasteiger partial charge in [0, 0.05) is 0 Å². The van der Waals surface area contributed by atoms with Crippen molar-refractivity contribution in [3.63, 3.8) is 0 Å². The molecular weight excluding hydrogens is 368 g/mol. The maximum atomic E-state index is 10.2. The summed E-state index contributed by atoms with van der Waals surface area (Å²) in [5, 5.41) is 20.2. The molecule has 0 aromatic carbocycles. The molecule has 3 aliphatic carbocycles. The van der Waals surface area contributed by atoms with Gasteiger partial charge < -0.3 is 10.2 Å². The van der Waals surface area contributed by atoms with Gasteiger partial charge in [0.05, 0.1) is 11.7 Å². The topological polar surface area (TPSA) is 40.5 Å². The summed E-state index contributed by atoms with van der Waals surface area (Å²) in [7, 11) is 0. The molecule has 6 atom stereocenters. The molecule has 0 radical (unpaired) electrons. The van der Waals surface area contributed by atoms with E-state index < -0.39 is 5.60 Å². The molecule has 0 heterocycles. The second-order valence-electron chi connectivity index (χ2n) is 11.7. The summed E-state index contributed by atoms with van der Waals surface area (Å²) in [6, 6.07) is 0. The van der Waals surface area contributed by atoms with Gasteiger partial charge in [0.15, 0.2) is 0 Å². The highest BCUT2D eigenvalue weighted by molar-refractivity contribution is 5.36. The Labute approximate surface area is 185 Å². The maximum Gasteiger partial charge on any atom is 0.0591 e. The third-order valence-corrected chi connectivity index (χ3v) is 8.97. The fourth-order valence-corrected chi connectivity index (χ4v) is 6.78. The van der Waals surface area contributed by atoms with Crippen molar-refractivity contribution >= 4 is 0 Å². The molecule has 0 bridgehead atoms. The van der Waals surface area contributed by atoms with Crippen molar-refractivity contribution in [3.8, 4) is 0 Å². The summed E-state index contributed by atoms with van der Waals surface area (Å²) >= 11 is 0. The first-order valence-electron chi connectivity index (χ1n) is 12.5. The van der Waals surface area contributed by atoms with Crippen LogP contribution in [0.1, 0.15) is 98.8 Å². The second-order valence-corrected chi connectivity index (χ2v) is 11.7. The molecule has 2 heteroatoms. The Bertz CT molecular complexity index is 679. The van der Waals surface area contributed by atoms with Crippen LogP contribution in [-0.2, 0) is 0 Å². The summed E-state index contributed by atoms with van der Waals surface area (Å²) in [5.41, 5.74) is 3.98. The van der Waals surface area contributed by atoms with Gasteiger partial charge in [-0.1, -0.05) is 50.6 Å². The number of hydrogen-bond donors (Lipinski definition) is 2. The van der Waals surface area contributed by atoms with Crippen molar-refractivity contribution in [2.24, 2.45) is 29.1 Å². The molecular formula is C28H46O2. The van der Waals surface area contributed by atoms with Crippen LogP contribution in [0.4, 0.5) is 0 Å². The molecule has 0 aromatic heterocycles. The number of aliphatic hydroxyl groups excluding tert-OH is 1. The van der Waals surface area contributed by atoms with E-state index >= 15 is 0 Å². The van der Waals surface area contributed by atoms with E-state index in [1.165, 1.54) is 43.3 Å². The Morgan fingerprint density at radius 2 is 1.90 bits per heavy atom. The van der Waals surface area contributed by atoms with Crippen LogP contribution >= 0.6 is 0 Å². The lowest BCUT2D eigenvalue weighted by Gasteiger charge is -2.45. The minimum Gasteiger partial charge on any atom is -0.393 e. The fraction of sp³-hybridized carbons (Fsp3) is 0.786. The van der Waals surface area contributed by atoms with Gasteiger partial charge in [-0.15, -0.1) is 0 Å². The minimum absolute atomic E-state index is 0.195. The lowest BCUT2D eigenvalue weighted by Crippen LogP contribution is -2.37. The third-order valence-electron chi connectivity index (χ3n) is 8.97. The van der Waals surface area contributed by atoms with E-state index in [1.54, 1.807) is 5.57 Å². The number of allylic oxidation sites excluding steroid dienone is 4. The molecule has 0 aromatic rings. The monoisotopic (exact) mass is 414 g/mol. The number of fused-ring (bicyclic) bond motifs is 1. The molecule has 3 saturated carbocycles. The van der Waals surface area contributed by atoms with Crippen molar-refractivity contribution in [2.45, 2.75) is 111 Å². The molecule has 0 spiro atoms. The van der Waals surface area contributed by atoms with Gasteiger partial charge in [0.2, 0.25) is 0 Å². The number of hydrogen-bond acceptors (Lipinski definition) is 2. The molecule has 3 fully saturated rings. The standard InChI is InChI=1S/C28H46O2/c1-19(15-17-27(4,5)30)21(3)25-13-14-26-22(8-7-16-28(25,26)6)10-11-23-18-24(29)12-9-20(23)2/h10-11,19,21,24-26,29-30H,2,7-9,12-18H2,1,3-6H3/b22-10+,23-11-/t19-,21+,24-,25+,26-,28+/m0/s1. The average Bonchev–Trinajstić information content (AvgIpc) is 3.03. The molecule has 3 rings (SSSR count). The SMILES string of the molecule is C=C1CC[C@H](O)C/C1=C/C=C1\CCC[C@]2(C)[C@@H]([C@H](C)[C@@H](C)CCC(C)(C)O)CC[C@@H]12. The van der Waals surface area contributed by atoms with Crippen LogP contribution in [0.3, 0.4) is 0 Å². The quantitative estimate of drug-likeness (QED) is 0.492. The average molecular weight is 415 g/mol. The van der Waals surface area contributed by atoms with E-state index in [2.05, 4.69) is 39.5 Å². The van der Waals surface area contributed by atoms with Crippen molar-refractivity contribution in [1.82, 2.24) is 0 Å². The lowest BCUT2D eigenvalue weighted by molar-refractivity contribution is 0.0447. The van der Waals surface area contributed by atoms with Crippen LogP contribution < -0.4 is 0 Å². The van der Waals surface area contributed by atoms with Gasteiger partial charge in [-0.2, -0.15) is 0 Å². The first kappa shape index (κ1) is 23.8. The molecule has 0 saturated heterocycles. The maximum absolute atomic E-state index is 10.2. The number of aliphatic hydroxyl groups is 2. The van der Waals surface area contributed by atoms with Crippen LogP contribution in [0.15, 0.2) is 35.5 Å². The molecule has 0 unspecified atom stereocenters. The van der Waals surface area contributed by atoms with Crippen molar-refractivity contribution < 1.29 is 10.2 Å². The molecule has 0 aliphatic heterocycles. The van der Waals surface area contributed by atoms with E-state index in [4.69, 9.17) is 0 Å². The predicted molar refractivity (Wildman–Crippen MR) is 127 cm³/mol. The Morgan fingerprint density at radius 3 is 2.60 bits per heavy atom. The largest absolute Gasteiger partial charge is 0.393 e. The third kappa shape index (κ3) is 5.30. The highest BCUT2D eigenvalue weighted by atomic mass is 16.3. The van der Waals surface area contributed by atoms with E-state index in [9.17, 15) is 10.2 Å². The zero-order valence-corrected chi connectivity index (χ0v) is 20.2. The van der Waals surface area contributed by atoms with E-state index in [0.29, 0.717) is 23.2 Å². The molecule has 3 aliphatic rings. The Balaban J connectivity index is 1.72. The van der Waals surface area contributed by atoms with E-state index in [1.807, 2.05) is 13.8 Å². The van der Waals surface area contributed by atoms with Gasteiger partial charge in [0.1, 0.15) is 0 Å². The second kappa shape index (κ2) is 9.33. The van der Waals surface area contributed by atoms with Crippen LogP contribution in [0, 0.1) is 29.1 Å². The summed E-state index contributed by atoms with van der Waals surface area (Å²) in [6.45, 7) is 15.5. The predicted octanol–water partition coefficient (Wildman–Crippen LogP) is 6.98. The van der Waals surface area contributed by atoms with Crippen molar-refractivity contribution in [3.05, 3.63) is 35.5 Å². The summed E-state index contributed by atoms with van der Waals surface area (Å²) in [6.07, 6.45) is 15.6. The van der Waals surface area contributed by atoms with Crippen molar-refractivity contribution in [2.75, 3.05) is 0 Å². The molecule has 170 valence electrons. The first-order chi connectivity index (χ1) is 14.0. The zero-order chi connectivity index (χ0) is 22.1. The van der Waals surface area contributed by atoms with E-state index in [-0.39, 0.29) is 6.10 Å². The summed E-state index contributed by atoms with van der Waals surface area (Å²) < 4.78 is 0. The Morgan fingerprint density at radius 1 is 1.17 bits per heavy atom. The van der Waals surface area contributed by atoms with Crippen molar-refractivity contribution in [1.29, 1.82) is 0 Å². The molecule has 2 nitrogen and oxygen atoms in total. The van der Waals surface area contributed by atoms with Crippen LogP contribution in [-0.4, -0.2) is 21.9 Å². The van der Waals surface area contributed by atoms with Gasteiger partial charge in [-0.3, -0.25) is 0 Å². The fourth-order valence-electron chi connectivity index (χ4n) is 6.78. The molecule has 2 N–H and O–H groups in total. The van der Waals surface area contributed by atoms with Gasteiger partial charge in [0.25, 0.3) is 0 Å². The highest BCUT2D eigenvalue weighted by Gasteiger charge is 2.51. The minimum atomic E-state index is -0.555. The Hall–Kier alpha value is -0.860.